The van der Waals surface area contributed by atoms with Gasteiger partial charge in [-0.2, -0.15) is 0 Å². The Morgan fingerprint density at radius 3 is 2.85 bits per heavy atom. The zero-order valence-corrected chi connectivity index (χ0v) is 16.1. The van der Waals surface area contributed by atoms with Crippen molar-refractivity contribution in [3.05, 3.63) is 58.4 Å². The van der Waals surface area contributed by atoms with E-state index < -0.39 is 5.97 Å². The second-order valence-corrected chi connectivity index (χ2v) is 7.66. The molecule has 1 saturated heterocycles. The smallest absolute Gasteiger partial charge is 0.340 e. The van der Waals surface area contributed by atoms with Gasteiger partial charge < -0.3 is 14.2 Å². The number of hydrogen-bond donors (Lipinski definition) is 0. The molecule has 0 unspecified atom stereocenters. The molecule has 140 valence electrons. The second kappa shape index (κ2) is 7.56. The van der Waals surface area contributed by atoms with Gasteiger partial charge in [0.25, 0.3) is 5.91 Å². The lowest BCUT2D eigenvalue weighted by Crippen LogP contribution is -2.34. The van der Waals surface area contributed by atoms with Crippen LogP contribution in [0.25, 0.3) is 10.9 Å². The maximum absolute atomic E-state index is 12.7. The Labute approximate surface area is 162 Å². The van der Waals surface area contributed by atoms with Crippen molar-refractivity contribution in [2.24, 2.45) is 0 Å². The molecule has 2 aromatic heterocycles. The molecule has 6 heteroatoms. The molecular weight excluding hydrogens is 360 g/mol. The number of carbonyl (C=O) groups is 2. The summed E-state index contributed by atoms with van der Waals surface area (Å²) in [7, 11) is 0. The van der Waals surface area contributed by atoms with Crippen LogP contribution in [0.3, 0.4) is 0 Å². The number of fused-ring (bicyclic) bond motifs is 1. The van der Waals surface area contributed by atoms with E-state index in [4.69, 9.17) is 4.74 Å². The first-order valence-electron chi connectivity index (χ1n) is 9.27. The fourth-order valence-corrected chi connectivity index (χ4v) is 4.67. The van der Waals surface area contributed by atoms with Crippen LogP contribution >= 0.6 is 11.3 Å². The highest BCUT2D eigenvalue weighted by atomic mass is 32.1. The number of ether oxygens (including phenoxy) is 1. The van der Waals surface area contributed by atoms with E-state index in [0.717, 1.165) is 30.3 Å². The van der Waals surface area contributed by atoms with Gasteiger partial charge in [-0.1, -0.05) is 24.3 Å². The summed E-state index contributed by atoms with van der Waals surface area (Å²) in [6.45, 7) is 3.30. The Hall–Kier alpha value is -2.60. The lowest BCUT2D eigenvalue weighted by Gasteiger charge is -2.23. The summed E-state index contributed by atoms with van der Waals surface area (Å²) in [6, 6.07) is 11.9. The van der Waals surface area contributed by atoms with Crippen molar-refractivity contribution < 1.29 is 14.3 Å². The summed E-state index contributed by atoms with van der Waals surface area (Å²) in [5, 5.41) is 2.88. The lowest BCUT2D eigenvalue weighted by atomic mass is 10.2. The Morgan fingerprint density at radius 1 is 1.22 bits per heavy atom. The number of esters is 1. The van der Waals surface area contributed by atoms with Gasteiger partial charge in [0.2, 0.25) is 0 Å². The second-order valence-electron chi connectivity index (χ2n) is 6.68. The van der Waals surface area contributed by atoms with Crippen molar-refractivity contribution >= 4 is 34.1 Å². The Morgan fingerprint density at radius 2 is 2.07 bits per heavy atom. The fraction of sp³-hybridized carbons (Fsp3) is 0.333. The highest BCUT2D eigenvalue weighted by Gasteiger charge is 2.31. The number of benzene rings is 1. The molecule has 0 spiro atoms. The van der Waals surface area contributed by atoms with Gasteiger partial charge in [0, 0.05) is 35.1 Å². The first kappa shape index (κ1) is 17.8. The van der Waals surface area contributed by atoms with Gasteiger partial charge in [-0.25, -0.2) is 4.79 Å². The minimum absolute atomic E-state index is 0.109. The molecule has 0 aliphatic carbocycles. The molecule has 4 rings (SSSR count). The van der Waals surface area contributed by atoms with Gasteiger partial charge in [0.1, 0.15) is 0 Å². The molecule has 1 aliphatic heterocycles. The van der Waals surface area contributed by atoms with Crippen LogP contribution in [-0.2, 0) is 16.1 Å². The van der Waals surface area contributed by atoms with E-state index in [0.29, 0.717) is 12.1 Å². The third-order valence-electron chi connectivity index (χ3n) is 5.12. The van der Waals surface area contributed by atoms with Gasteiger partial charge in [-0.15, -0.1) is 11.3 Å². The number of likely N-dealkylation sites (tertiary alicyclic amines) is 1. The molecule has 1 amide bonds. The molecule has 0 N–H and O–H groups in total. The van der Waals surface area contributed by atoms with Crippen molar-refractivity contribution in [2.45, 2.75) is 32.4 Å². The van der Waals surface area contributed by atoms with E-state index in [-0.39, 0.29) is 18.6 Å². The maximum atomic E-state index is 12.7. The van der Waals surface area contributed by atoms with Crippen LogP contribution in [0.4, 0.5) is 0 Å². The summed E-state index contributed by atoms with van der Waals surface area (Å²) in [6.07, 6.45) is 3.75. The van der Waals surface area contributed by atoms with E-state index in [2.05, 4.69) is 6.07 Å². The first-order chi connectivity index (χ1) is 13.2. The highest BCUT2D eigenvalue weighted by Crippen LogP contribution is 2.34. The Balaban J connectivity index is 1.46. The van der Waals surface area contributed by atoms with Crippen molar-refractivity contribution in [3.8, 4) is 0 Å². The minimum atomic E-state index is -0.446. The molecule has 0 radical (unpaired) electrons. The van der Waals surface area contributed by atoms with Crippen molar-refractivity contribution in [2.75, 3.05) is 13.2 Å². The van der Waals surface area contributed by atoms with Crippen LogP contribution in [0, 0.1) is 0 Å². The zero-order chi connectivity index (χ0) is 18.8. The zero-order valence-electron chi connectivity index (χ0n) is 15.3. The van der Waals surface area contributed by atoms with E-state index >= 15 is 0 Å². The van der Waals surface area contributed by atoms with E-state index in [1.165, 1.54) is 4.88 Å². The van der Waals surface area contributed by atoms with Crippen LogP contribution in [-0.4, -0.2) is 34.5 Å². The molecule has 1 aliphatic rings. The predicted molar refractivity (Wildman–Crippen MR) is 106 cm³/mol. The number of aromatic nitrogens is 1. The first-order valence-corrected chi connectivity index (χ1v) is 10.1. The monoisotopic (exact) mass is 382 g/mol. The van der Waals surface area contributed by atoms with Gasteiger partial charge in [-0.3, -0.25) is 4.79 Å². The van der Waals surface area contributed by atoms with Crippen LogP contribution in [0.1, 0.15) is 41.0 Å². The highest BCUT2D eigenvalue weighted by molar-refractivity contribution is 7.10. The minimum Gasteiger partial charge on any atom is -0.452 e. The number of thiophene rings is 1. The van der Waals surface area contributed by atoms with Crippen molar-refractivity contribution in [1.29, 1.82) is 0 Å². The molecule has 3 heterocycles. The number of para-hydroxylation sites is 1. The molecule has 0 saturated carbocycles. The molecule has 3 aromatic rings. The molecule has 5 nitrogen and oxygen atoms in total. The summed E-state index contributed by atoms with van der Waals surface area (Å²) >= 11 is 1.66. The Kier molecular flexibility index (Phi) is 4.99. The topological polar surface area (TPSA) is 51.5 Å². The van der Waals surface area contributed by atoms with Crippen molar-refractivity contribution in [3.63, 3.8) is 0 Å². The summed E-state index contributed by atoms with van der Waals surface area (Å²) < 4.78 is 7.41. The standard InChI is InChI=1S/C21H22N2O3S/c1-2-22-13-16(15-7-3-4-8-17(15)22)21(25)26-14-20(24)23-11-5-9-18(23)19-10-6-12-27-19/h3-4,6-8,10,12-13,18H,2,5,9,11,14H2,1H3/t18-/m0/s1. The number of rotatable bonds is 5. The Bertz CT molecular complexity index is 961. The third-order valence-corrected chi connectivity index (χ3v) is 6.09. The SMILES string of the molecule is CCn1cc(C(=O)OCC(=O)N2CCC[C@H]2c2cccs2)c2ccccc21. The molecule has 1 fully saturated rings. The largest absolute Gasteiger partial charge is 0.452 e. The van der Waals surface area contributed by atoms with Crippen LogP contribution in [0.15, 0.2) is 48.0 Å². The van der Waals surface area contributed by atoms with Gasteiger partial charge in [-0.05, 0) is 37.3 Å². The summed E-state index contributed by atoms with van der Waals surface area (Å²) in [5.74, 6) is -0.572. The number of nitrogens with zero attached hydrogens (tertiary/aromatic N) is 2. The molecule has 1 atom stereocenters. The maximum Gasteiger partial charge on any atom is 0.340 e. The normalized spacial score (nSPS) is 16.8. The van der Waals surface area contributed by atoms with E-state index in [9.17, 15) is 9.59 Å². The predicted octanol–water partition coefficient (Wildman–Crippen LogP) is 4.24. The van der Waals surface area contributed by atoms with E-state index in [1.807, 2.05) is 58.3 Å². The molecule has 1 aromatic carbocycles. The quantitative estimate of drug-likeness (QED) is 0.620. The van der Waals surface area contributed by atoms with Gasteiger partial charge >= 0.3 is 5.97 Å². The van der Waals surface area contributed by atoms with E-state index in [1.54, 1.807) is 11.3 Å². The molecule has 0 bridgehead atoms. The van der Waals surface area contributed by atoms with Gasteiger partial charge in [0.05, 0.1) is 11.6 Å². The molecule has 27 heavy (non-hydrogen) atoms. The third kappa shape index (κ3) is 3.37. The average molecular weight is 382 g/mol. The van der Waals surface area contributed by atoms with Crippen LogP contribution in [0.5, 0.6) is 0 Å². The fourth-order valence-electron chi connectivity index (χ4n) is 3.80. The summed E-state index contributed by atoms with van der Waals surface area (Å²) in [4.78, 5) is 28.3. The summed E-state index contributed by atoms with van der Waals surface area (Å²) in [5.41, 5.74) is 1.51. The average Bonchev–Trinajstić information content (AvgIpc) is 3.44. The number of amides is 1. The van der Waals surface area contributed by atoms with Crippen LogP contribution < -0.4 is 0 Å². The number of hydrogen-bond acceptors (Lipinski definition) is 4. The van der Waals surface area contributed by atoms with Gasteiger partial charge in [0.15, 0.2) is 6.61 Å². The number of carbonyl (C=O) groups excluding carboxylic acids is 2. The number of aryl methyl sites for hydroxylation is 1. The van der Waals surface area contributed by atoms with Crippen LogP contribution in [0.2, 0.25) is 0 Å². The lowest BCUT2D eigenvalue weighted by molar-refractivity contribution is -0.135. The van der Waals surface area contributed by atoms with Crippen molar-refractivity contribution in [1.82, 2.24) is 9.47 Å². The molecular formula is C21H22N2O3S.